The molecule has 148 valence electrons. The number of nitrogens with one attached hydrogen (secondary N) is 2. The van der Waals surface area contributed by atoms with Crippen molar-refractivity contribution >= 4 is 18.3 Å². The van der Waals surface area contributed by atoms with Gasteiger partial charge in [-0.3, -0.25) is 9.69 Å². The van der Waals surface area contributed by atoms with Crippen LogP contribution in [0.5, 0.6) is 0 Å². The van der Waals surface area contributed by atoms with E-state index in [2.05, 4.69) is 10.6 Å². The topological polar surface area (TPSA) is 44.4 Å². The van der Waals surface area contributed by atoms with Crippen LogP contribution in [0.25, 0.3) is 0 Å². The largest absolute Gasteiger partial charge is 0.405 e. The normalized spacial score (nSPS) is 17.9. The van der Waals surface area contributed by atoms with Gasteiger partial charge in [0, 0.05) is 39.1 Å². The van der Waals surface area contributed by atoms with Crippen molar-refractivity contribution in [1.29, 1.82) is 0 Å². The highest BCUT2D eigenvalue weighted by Crippen LogP contribution is 2.25. The summed E-state index contributed by atoms with van der Waals surface area (Å²) in [7, 11) is 0. The zero-order valence-corrected chi connectivity index (χ0v) is 15.3. The molecule has 2 atom stereocenters. The molecule has 1 amide bonds. The third-order valence-corrected chi connectivity index (χ3v) is 4.37. The minimum absolute atomic E-state index is 0. The van der Waals surface area contributed by atoms with E-state index in [0.717, 1.165) is 0 Å². The van der Waals surface area contributed by atoms with Crippen molar-refractivity contribution in [2.45, 2.75) is 31.5 Å². The maximum atomic E-state index is 13.3. The van der Waals surface area contributed by atoms with Gasteiger partial charge in [-0.25, -0.2) is 4.39 Å². The Balaban J connectivity index is 0.00000338. The first kappa shape index (κ1) is 22.7. The molecule has 1 saturated heterocycles. The second kappa shape index (κ2) is 10.1. The summed E-state index contributed by atoms with van der Waals surface area (Å²) < 4.78 is 53.0. The molecule has 26 heavy (non-hydrogen) atoms. The van der Waals surface area contributed by atoms with Gasteiger partial charge < -0.3 is 10.6 Å². The molecule has 2 unspecified atom stereocenters. The number of piperazine rings is 1. The van der Waals surface area contributed by atoms with Crippen molar-refractivity contribution < 1.29 is 22.4 Å². The summed E-state index contributed by atoms with van der Waals surface area (Å²) in [4.78, 5) is 13.4. The maximum Gasteiger partial charge on any atom is 0.405 e. The summed E-state index contributed by atoms with van der Waals surface area (Å²) in [5, 5.41) is 5.39. The number of alkyl halides is 3. The number of amides is 1. The molecule has 0 spiro atoms. The van der Waals surface area contributed by atoms with E-state index in [-0.39, 0.29) is 24.7 Å². The van der Waals surface area contributed by atoms with Crippen molar-refractivity contribution in [3.05, 3.63) is 35.6 Å². The molecule has 1 fully saturated rings. The number of carbonyl (C=O) groups is 1. The first-order valence-electron chi connectivity index (χ1n) is 8.31. The van der Waals surface area contributed by atoms with Gasteiger partial charge in [-0.05, 0) is 23.6 Å². The smallest absolute Gasteiger partial charge is 0.354 e. The van der Waals surface area contributed by atoms with Crippen LogP contribution in [-0.2, 0) is 4.79 Å². The Morgan fingerprint density at radius 2 is 1.96 bits per heavy atom. The Kier molecular flexibility index (Phi) is 8.79. The molecule has 1 aliphatic rings. The second-order valence-electron chi connectivity index (χ2n) is 6.31. The van der Waals surface area contributed by atoms with Gasteiger partial charge in [0.15, 0.2) is 0 Å². The molecule has 0 aromatic heterocycles. The summed E-state index contributed by atoms with van der Waals surface area (Å²) in [6.45, 7) is 2.85. The fourth-order valence-corrected chi connectivity index (χ4v) is 2.94. The molecule has 0 bridgehead atoms. The minimum Gasteiger partial charge on any atom is -0.354 e. The van der Waals surface area contributed by atoms with Gasteiger partial charge in [-0.2, -0.15) is 13.2 Å². The fraction of sp³-hybridized carbons (Fsp3) is 0.588. The van der Waals surface area contributed by atoms with Gasteiger partial charge in [-0.1, -0.05) is 19.1 Å². The third-order valence-electron chi connectivity index (χ3n) is 4.37. The lowest BCUT2D eigenvalue weighted by Crippen LogP contribution is -2.57. The first-order valence-corrected chi connectivity index (χ1v) is 8.31. The molecule has 1 aromatic carbocycles. The third kappa shape index (κ3) is 6.74. The number of halogens is 5. The highest BCUT2D eigenvalue weighted by atomic mass is 35.5. The molecule has 2 N–H and O–H groups in total. The van der Waals surface area contributed by atoms with Gasteiger partial charge in [0.2, 0.25) is 5.91 Å². The average molecular weight is 398 g/mol. The predicted molar refractivity (Wildman–Crippen MR) is 94.0 cm³/mol. The predicted octanol–water partition coefficient (Wildman–Crippen LogP) is 2.69. The summed E-state index contributed by atoms with van der Waals surface area (Å²) in [6, 6.07) is 4.18. The second-order valence-corrected chi connectivity index (χ2v) is 6.31. The SMILES string of the molecule is CC(CC(=O)NCC(N1CCNCC1)C(F)(F)F)c1cccc(F)c1.Cl. The summed E-state index contributed by atoms with van der Waals surface area (Å²) in [5.74, 6) is -1.15. The fourth-order valence-electron chi connectivity index (χ4n) is 2.94. The molecule has 1 aliphatic heterocycles. The highest BCUT2D eigenvalue weighted by molar-refractivity contribution is 5.85. The molecular formula is C17H24ClF4N3O. The maximum absolute atomic E-state index is 13.3. The Hall–Kier alpha value is -1.38. The summed E-state index contributed by atoms with van der Waals surface area (Å²) >= 11 is 0. The quantitative estimate of drug-likeness (QED) is 0.725. The monoisotopic (exact) mass is 397 g/mol. The van der Waals surface area contributed by atoms with Gasteiger partial charge in [0.1, 0.15) is 11.9 Å². The summed E-state index contributed by atoms with van der Waals surface area (Å²) in [6.07, 6.45) is -4.39. The van der Waals surface area contributed by atoms with Crippen molar-refractivity contribution in [3.63, 3.8) is 0 Å². The van der Waals surface area contributed by atoms with Crippen molar-refractivity contribution in [3.8, 4) is 0 Å². The van der Waals surface area contributed by atoms with Crippen molar-refractivity contribution in [1.82, 2.24) is 15.5 Å². The van der Waals surface area contributed by atoms with Crippen LogP contribution in [0.3, 0.4) is 0 Å². The number of nitrogens with zero attached hydrogens (tertiary/aromatic N) is 1. The first-order chi connectivity index (χ1) is 11.8. The molecule has 1 heterocycles. The van der Waals surface area contributed by atoms with Crippen LogP contribution in [0.1, 0.15) is 24.8 Å². The Morgan fingerprint density at radius 3 is 2.54 bits per heavy atom. The molecule has 0 saturated carbocycles. The number of carbonyl (C=O) groups excluding carboxylic acids is 1. The molecule has 9 heteroatoms. The molecule has 4 nitrogen and oxygen atoms in total. The van der Waals surface area contributed by atoms with Crippen molar-refractivity contribution in [2.24, 2.45) is 0 Å². The molecule has 1 aromatic rings. The van der Waals surface area contributed by atoms with Crippen LogP contribution in [0.15, 0.2) is 24.3 Å². The minimum atomic E-state index is -4.40. The van der Waals surface area contributed by atoms with Gasteiger partial charge in [0.25, 0.3) is 0 Å². The van der Waals surface area contributed by atoms with E-state index in [9.17, 15) is 22.4 Å². The van der Waals surface area contributed by atoms with Crippen LogP contribution in [0, 0.1) is 5.82 Å². The van der Waals surface area contributed by atoms with Crippen molar-refractivity contribution in [2.75, 3.05) is 32.7 Å². The Morgan fingerprint density at radius 1 is 1.31 bits per heavy atom. The zero-order valence-electron chi connectivity index (χ0n) is 14.5. The number of benzene rings is 1. The van der Waals surface area contributed by atoms with Gasteiger partial charge in [0.05, 0.1) is 0 Å². The number of rotatable bonds is 6. The van der Waals surface area contributed by atoms with E-state index in [1.807, 2.05) is 0 Å². The van der Waals surface area contributed by atoms with Crippen LogP contribution in [-0.4, -0.2) is 55.7 Å². The van der Waals surface area contributed by atoms with Crippen LogP contribution in [0.4, 0.5) is 17.6 Å². The standard InChI is InChI=1S/C17H23F4N3O.ClH/c1-12(13-3-2-4-14(18)10-13)9-16(25)23-11-15(17(19,20)21)24-7-5-22-6-8-24;/h2-4,10,12,15,22H,5-9,11H2,1H3,(H,23,25);1H. The number of hydrogen-bond acceptors (Lipinski definition) is 3. The van der Waals surface area contributed by atoms with Gasteiger partial charge in [-0.15, -0.1) is 12.4 Å². The molecular weight excluding hydrogens is 374 g/mol. The average Bonchev–Trinajstić information content (AvgIpc) is 2.54. The van der Waals surface area contributed by atoms with E-state index in [1.54, 1.807) is 19.1 Å². The Labute approximate surface area is 156 Å². The van der Waals surface area contributed by atoms with Gasteiger partial charge >= 0.3 is 6.18 Å². The van der Waals surface area contributed by atoms with E-state index in [0.29, 0.717) is 31.7 Å². The van der Waals surface area contributed by atoms with E-state index in [4.69, 9.17) is 0 Å². The van der Waals surface area contributed by atoms with Crippen LogP contribution >= 0.6 is 12.4 Å². The molecule has 0 radical (unpaired) electrons. The van der Waals surface area contributed by atoms with Crippen LogP contribution < -0.4 is 10.6 Å². The van der Waals surface area contributed by atoms with E-state index >= 15 is 0 Å². The Bertz CT molecular complexity index is 579. The highest BCUT2D eigenvalue weighted by Gasteiger charge is 2.43. The summed E-state index contributed by atoms with van der Waals surface area (Å²) in [5.41, 5.74) is 0.643. The molecule has 0 aliphatic carbocycles. The number of hydrogen-bond donors (Lipinski definition) is 2. The molecule has 2 rings (SSSR count). The van der Waals surface area contributed by atoms with E-state index in [1.165, 1.54) is 17.0 Å². The lowest BCUT2D eigenvalue weighted by atomic mass is 9.97. The van der Waals surface area contributed by atoms with Crippen LogP contribution in [0.2, 0.25) is 0 Å². The van der Waals surface area contributed by atoms with E-state index < -0.39 is 30.5 Å². The lowest BCUT2D eigenvalue weighted by Gasteiger charge is -2.36. The lowest BCUT2D eigenvalue weighted by molar-refractivity contribution is -0.184. The zero-order chi connectivity index (χ0) is 18.4.